The maximum Gasteiger partial charge on any atom is 0.338 e. The summed E-state index contributed by atoms with van der Waals surface area (Å²) in [6.45, 7) is 6.54. The molecule has 0 saturated heterocycles. The fraction of sp³-hybridized carbons (Fsp3) is 0.304. The number of carbonyl (C=O) groups excluding carboxylic acids is 1. The minimum atomic E-state index is -0.377. The summed E-state index contributed by atoms with van der Waals surface area (Å²) in [6, 6.07) is 15.6. The molecular weight excluding hydrogens is 384 g/mol. The van der Waals surface area contributed by atoms with Crippen molar-refractivity contribution in [3.8, 4) is 0 Å². The van der Waals surface area contributed by atoms with Crippen molar-refractivity contribution in [3.05, 3.63) is 76.5 Å². The van der Waals surface area contributed by atoms with Crippen molar-refractivity contribution in [2.24, 2.45) is 0 Å². The number of ether oxygens (including phenoxy) is 2. The summed E-state index contributed by atoms with van der Waals surface area (Å²) in [5.74, 6) is -0.377. The molecule has 0 saturated carbocycles. The number of thiocarbonyl (C=S) groups is 1. The zero-order chi connectivity index (χ0) is 21.0. The highest BCUT2D eigenvalue weighted by molar-refractivity contribution is 7.80. The van der Waals surface area contributed by atoms with Crippen molar-refractivity contribution < 1.29 is 14.3 Å². The molecule has 1 heterocycles. The second kappa shape index (κ2) is 9.20. The van der Waals surface area contributed by atoms with Gasteiger partial charge in [0.2, 0.25) is 0 Å². The van der Waals surface area contributed by atoms with Crippen molar-refractivity contribution in [3.63, 3.8) is 0 Å². The van der Waals surface area contributed by atoms with Crippen LogP contribution in [0.5, 0.6) is 0 Å². The molecule has 1 aliphatic rings. The van der Waals surface area contributed by atoms with E-state index in [4.69, 9.17) is 21.7 Å². The van der Waals surface area contributed by atoms with Crippen molar-refractivity contribution in [1.82, 2.24) is 5.32 Å². The molecule has 29 heavy (non-hydrogen) atoms. The Morgan fingerprint density at radius 3 is 2.34 bits per heavy atom. The van der Waals surface area contributed by atoms with Crippen LogP contribution in [0.2, 0.25) is 0 Å². The second-order valence-electron chi connectivity index (χ2n) is 7.10. The number of nitrogens with zero attached hydrogens (tertiary/aromatic N) is 1. The number of methoxy groups -OCH3 is 1. The number of hydrogen-bond donors (Lipinski definition) is 1. The largest absolute Gasteiger partial charge is 0.460 e. The minimum Gasteiger partial charge on any atom is -0.460 e. The van der Waals surface area contributed by atoms with E-state index in [0.717, 1.165) is 28.1 Å². The van der Waals surface area contributed by atoms with E-state index in [1.807, 2.05) is 56.0 Å². The van der Waals surface area contributed by atoms with Gasteiger partial charge in [0.15, 0.2) is 5.11 Å². The van der Waals surface area contributed by atoms with Crippen LogP contribution in [0.3, 0.4) is 0 Å². The van der Waals surface area contributed by atoms with E-state index in [-0.39, 0.29) is 18.6 Å². The molecule has 0 fully saturated rings. The minimum absolute atomic E-state index is 0.196. The van der Waals surface area contributed by atoms with Crippen LogP contribution in [0.25, 0.3) is 0 Å². The molecule has 0 bridgehead atoms. The fourth-order valence-corrected chi connectivity index (χ4v) is 3.95. The lowest BCUT2D eigenvalue weighted by atomic mass is 9.94. The second-order valence-corrected chi connectivity index (χ2v) is 7.49. The van der Waals surface area contributed by atoms with Gasteiger partial charge >= 0.3 is 5.97 Å². The molecule has 1 atom stereocenters. The standard InChI is InChI=1S/C23H26N2O3S/c1-15-12-16(2)14-19(13-15)25-17(3)20(22(26)28-11-10-27-4)21(24-23(25)29)18-8-6-5-7-9-18/h5-9,12-14,21H,10-11H2,1-4H3,(H,24,29). The third-order valence-corrected chi connectivity index (χ3v) is 5.12. The Morgan fingerprint density at radius 2 is 1.72 bits per heavy atom. The molecule has 2 aromatic carbocycles. The molecule has 2 aromatic rings. The van der Waals surface area contributed by atoms with Crippen LogP contribution < -0.4 is 10.2 Å². The Balaban J connectivity index is 2.08. The van der Waals surface area contributed by atoms with Crippen LogP contribution in [0, 0.1) is 13.8 Å². The predicted octanol–water partition coefficient (Wildman–Crippen LogP) is 4.20. The zero-order valence-corrected chi connectivity index (χ0v) is 18.0. The van der Waals surface area contributed by atoms with E-state index < -0.39 is 0 Å². The summed E-state index contributed by atoms with van der Waals surface area (Å²) >= 11 is 5.70. The van der Waals surface area contributed by atoms with E-state index in [1.165, 1.54) is 0 Å². The number of allylic oxidation sites excluding steroid dienone is 1. The van der Waals surface area contributed by atoms with Gasteiger partial charge in [-0.1, -0.05) is 36.4 Å². The number of rotatable bonds is 6. The van der Waals surface area contributed by atoms with Gasteiger partial charge in [-0.15, -0.1) is 0 Å². The third kappa shape index (κ3) is 4.66. The Morgan fingerprint density at radius 1 is 1.07 bits per heavy atom. The molecule has 6 heteroatoms. The van der Waals surface area contributed by atoms with Crippen molar-refractivity contribution in [1.29, 1.82) is 0 Å². The maximum atomic E-state index is 13.0. The highest BCUT2D eigenvalue weighted by Gasteiger charge is 2.35. The SMILES string of the molecule is COCCOC(=O)C1=C(C)N(c2cc(C)cc(C)c2)C(=S)NC1c1ccccc1. The van der Waals surface area contributed by atoms with Gasteiger partial charge in [-0.25, -0.2) is 4.79 Å². The highest BCUT2D eigenvalue weighted by Crippen LogP contribution is 2.34. The summed E-state index contributed by atoms with van der Waals surface area (Å²) in [6.07, 6.45) is 0. The Kier molecular flexibility index (Phi) is 6.67. The highest BCUT2D eigenvalue weighted by atomic mass is 32.1. The van der Waals surface area contributed by atoms with Gasteiger partial charge in [-0.2, -0.15) is 0 Å². The first-order valence-corrected chi connectivity index (χ1v) is 9.94. The van der Waals surface area contributed by atoms with Crippen LogP contribution in [0.1, 0.15) is 29.7 Å². The van der Waals surface area contributed by atoms with Gasteiger partial charge in [0.25, 0.3) is 0 Å². The van der Waals surface area contributed by atoms with Crippen LogP contribution in [-0.2, 0) is 14.3 Å². The van der Waals surface area contributed by atoms with E-state index in [1.54, 1.807) is 7.11 Å². The lowest BCUT2D eigenvalue weighted by molar-refractivity contribution is -0.140. The number of carbonyl (C=O) groups is 1. The van der Waals surface area contributed by atoms with Gasteiger partial charge < -0.3 is 14.8 Å². The molecule has 3 rings (SSSR count). The summed E-state index contributed by atoms with van der Waals surface area (Å²) in [5, 5.41) is 3.89. The summed E-state index contributed by atoms with van der Waals surface area (Å²) in [4.78, 5) is 14.9. The van der Waals surface area contributed by atoms with Gasteiger partial charge in [0.05, 0.1) is 18.2 Å². The van der Waals surface area contributed by atoms with Gasteiger partial charge in [0.1, 0.15) is 6.61 Å². The normalized spacial score (nSPS) is 16.6. The van der Waals surface area contributed by atoms with Crippen molar-refractivity contribution in [2.75, 3.05) is 25.2 Å². The average Bonchev–Trinajstić information content (AvgIpc) is 2.67. The predicted molar refractivity (Wildman–Crippen MR) is 119 cm³/mol. The molecule has 0 radical (unpaired) electrons. The lowest BCUT2D eigenvalue weighted by Gasteiger charge is -2.37. The summed E-state index contributed by atoms with van der Waals surface area (Å²) in [5.41, 5.74) is 5.43. The van der Waals surface area contributed by atoms with E-state index in [2.05, 4.69) is 23.5 Å². The maximum absolute atomic E-state index is 13.0. The Bertz CT molecular complexity index is 920. The van der Waals surface area contributed by atoms with Crippen LogP contribution in [0.15, 0.2) is 59.8 Å². The van der Waals surface area contributed by atoms with Gasteiger partial charge in [-0.3, -0.25) is 4.90 Å². The van der Waals surface area contributed by atoms with Crippen molar-refractivity contribution in [2.45, 2.75) is 26.8 Å². The number of hydrogen-bond acceptors (Lipinski definition) is 4. The van der Waals surface area contributed by atoms with E-state index in [0.29, 0.717) is 17.3 Å². The molecule has 1 N–H and O–H groups in total. The van der Waals surface area contributed by atoms with E-state index >= 15 is 0 Å². The smallest absolute Gasteiger partial charge is 0.338 e. The molecule has 5 nitrogen and oxygen atoms in total. The van der Waals surface area contributed by atoms with Crippen LogP contribution >= 0.6 is 12.2 Å². The summed E-state index contributed by atoms with van der Waals surface area (Å²) < 4.78 is 10.5. The molecule has 0 aliphatic carbocycles. The van der Waals surface area contributed by atoms with Crippen LogP contribution in [-0.4, -0.2) is 31.4 Å². The molecule has 0 spiro atoms. The monoisotopic (exact) mass is 410 g/mol. The van der Waals surface area contributed by atoms with Crippen molar-refractivity contribution >= 4 is 29.0 Å². The average molecular weight is 411 g/mol. The number of esters is 1. The first kappa shape index (κ1) is 21.0. The third-order valence-electron chi connectivity index (χ3n) is 4.82. The summed E-state index contributed by atoms with van der Waals surface area (Å²) in [7, 11) is 1.58. The number of aryl methyl sites for hydroxylation is 2. The van der Waals surface area contributed by atoms with Gasteiger partial charge in [0, 0.05) is 18.5 Å². The lowest BCUT2D eigenvalue weighted by Crippen LogP contribution is -2.48. The fourth-order valence-electron chi connectivity index (χ4n) is 3.59. The molecule has 1 aliphatic heterocycles. The van der Waals surface area contributed by atoms with Gasteiger partial charge in [-0.05, 0) is 61.8 Å². The number of nitrogens with one attached hydrogen (secondary N) is 1. The van der Waals surface area contributed by atoms with E-state index in [9.17, 15) is 4.79 Å². The molecule has 0 aromatic heterocycles. The molecular formula is C23H26N2O3S. The quantitative estimate of drug-likeness (QED) is 0.438. The molecule has 152 valence electrons. The number of anilines is 1. The first-order valence-electron chi connectivity index (χ1n) is 9.53. The Hall–Kier alpha value is -2.70. The topological polar surface area (TPSA) is 50.8 Å². The number of benzene rings is 2. The molecule has 1 unspecified atom stereocenters. The molecule has 0 amide bonds. The Labute approximate surface area is 177 Å². The zero-order valence-electron chi connectivity index (χ0n) is 17.2. The first-order chi connectivity index (χ1) is 13.9. The van der Waals surface area contributed by atoms with Crippen LogP contribution in [0.4, 0.5) is 5.69 Å².